The molecule has 0 amide bonds. The average molecular weight is 309 g/mol. The van der Waals surface area contributed by atoms with E-state index >= 15 is 0 Å². The second kappa shape index (κ2) is 6.39. The molecule has 0 unspecified atom stereocenters. The molecular formula is C17H16FN5. The summed E-state index contributed by atoms with van der Waals surface area (Å²) in [5, 5.41) is 14.1. The minimum atomic E-state index is -0.292. The van der Waals surface area contributed by atoms with Crippen LogP contribution in [0.3, 0.4) is 0 Å². The summed E-state index contributed by atoms with van der Waals surface area (Å²) in [6.07, 6.45) is 1.55. The number of rotatable bonds is 4. The third kappa shape index (κ3) is 4.00. The summed E-state index contributed by atoms with van der Waals surface area (Å²) < 4.78 is 12.9. The lowest BCUT2D eigenvalue weighted by Gasteiger charge is -2.09. The molecule has 3 aromatic rings. The number of nitrogens with zero attached hydrogens (tertiary/aromatic N) is 3. The van der Waals surface area contributed by atoms with Gasteiger partial charge in [-0.05, 0) is 61.4 Å². The molecule has 3 rings (SSSR count). The fraction of sp³-hybridized carbons (Fsp3) is 0.118. The molecule has 1 aromatic heterocycles. The highest BCUT2D eigenvalue weighted by atomic mass is 19.1. The summed E-state index contributed by atoms with van der Waals surface area (Å²) in [4.78, 5) is 4.36. The van der Waals surface area contributed by atoms with Crippen molar-refractivity contribution in [3.05, 3.63) is 65.6 Å². The van der Waals surface area contributed by atoms with E-state index in [2.05, 4.69) is 31.9 Å². The molecule has 6 heteroatoms. The summed E-state index contributed by atoms with van der Waals surface area (Å²) in [6.45, 7) is 4.08. The van der Waals surface area contributed by atoms with Crippen molar-refractivity contribution < 1.29 is 4.39 Å². The Kier molecular flexibility index (Phi) is 4.14. The molecule has 0 saturated heterocycles. The summed E-state index contributed by atoms with van der Waals surface area (Å²) in [5.41, 5.74) is 3.96. The van der Waals surface area contributed by atoms with Crippen LogP contribution in [-0.4, -0.2) is 15.2 Å². The van der Waals surface area contributed by atoms with Crippen molar-refractivity contribution in [3.8, 4) is 0 Å². The first-order chi connectivity index (χ1) is 11.1. The topological polar surface area (TPSA) is 62.7 Å². The Morgan fingerprint density at radius 2 is 1.57 bits per heavy atom. The highest BCUT2D eigenvalue weighted by Gasteiger charge is 2.03. The first-order valence-electron chi connectivity index (χ1n) is 7.16. The Hall–Kier alpha value is -3.02. The van der Waals surface area contributed by atoms with Crippen LogP contribution in [0.25, 0.3) is 0 Å². The van der Waals surface area contributed by atoms with Crippen molar-refractivity contribution >= 4 is 23.1 Å². The van der Waals surface area contributed by atoms with Gasteiger partial charge in [-0.1, -0.05) is 6.07 Å². The first kappa shape index (κ1) is 14.9. The molecule has 0 aliphatic rings. The highest BCUT2D eigenvalue weighted by molar-refractivity contribution is 5.60. The second-order valence-corrected chi connectivity index (χ2v) is 5.30. The van der Waals surface area contributed by atoms with Crippen LogP contribution in [0.5, 0.6) is 0 Å². The zero-order valence-electron chi connectivity index (χ0n) is 12.8. The number of halogens is 1. The maximum Gasteiger partial charge on any atom is 0.249 e. The van der Waals surface area contributed by atoms with Crippen molar-refractivity contribution in [2.24, 2.45) is 0 Å². The molecule has 0 radical (unpaired) electrons. The number of anilines is 4. The van der Waals surface area contributed by atoms with E-state index < -0.39 is 0 Å². The summed E-state index contributed by atoms with van der Waals surface area (Å²) in [6, 6.07) is 12.1. The largest absolute Gasteiger partial charge is 0.339 e. The van der Waals surface area contributed by atoms with Crippen LogP contribution < -0.4 is 10.6 Å². The van der Waals surface area contributed by atoms with Crippen LogP contribution in [0, 0.1) is 19.7 Å². The van der Waals surface area contributed by atoms with Gasteiger partial charge in [-0.2, -0.15) is 10.1 Å². The van der Waals surface area contributed by atoms with Crippen LogP contribution in [0.4, 0.5) is 27.5 Å². The molecule has 0 spiro atoms. The predicted octanol–water partition coefficient (Wildman–Crippen LogP) is 4.11. The number of aryl methyl sites for hydroxylation is 2. The third-order valence-electron chi connectivity index (χ3n) is 3.15. The van der Waals surface area contributed by atoms with E-state index in [1.165, 1.54) is 23.3 Å². The minimum absolute atomic E-state index is 0.292. The van der Waals surface area contributed by atoms with E-state index in [1.54, 1.807) is 18.3 Å². The fourth-order valence-electron chi connectivity index (χ4n) is 2.27. The molecule has 0 aliphatic carbocycles. The van der Waals surface area contributed by atoms with Gasteiger partial charge in [0.05, 0.1) is 6.20 Å². The summed E-state index contributed by atoms with van der Waals surface area (Å²) >= 11 is 0. The smallest absolute Gasteiger partial charge is 0.249 e. The number of nitrogens with one attached hydrogen (secondary N) is 2. The molecule has 0 bridgehead atoms. The Morgan fingerprint density at radius 3 is 2.26 bits per heavy atom. The standard InChI is InChI=1S/C17H16FN5/c1-11-7-12(2)9-15(8-11)20-16-10-19-23-17(22-16)21-14-5-3-13(18)4-6-14/h3-10H,1-2H3,(H2,20,21,22,23). The molecular weight excluding hydrogens is 293 g/mol. The normalized spacial score (nSPS) is 10.4. The molecule has 2 aromatic carbocycles. The lowest BCUT2D eigenvalue weighted by molar-refractivity contribution is 0.628. The Morgan fingerprint density at radius 1 is 0.870 bits per heavy atom. The predicted molar refractivity (Wildman–Crippen MR) is 88.7 cm³/mol. The number of aromatic nitrogens is 3. The van der Waals surface area contributed by atoms with E-state index in [0.717, 1.165) is 5.69 Å². The SMILES string of the molecule is Cc1cc(C)cc(Nc2cnnc(Nc3ccc(F)cc3)n2)c1. The summed E-state index contributed by atoms with van der Waals surface area (Å²) in [5.74, 6) is 0.625. The number of benzene rings is 2. The monoisotopic (exact) mass is 309 g/mol. The zero-order valence-corrected chi connectivity index (χ0v) is 12.8. The Balaban J connectivity index is 1.78. The maximum absolute atomic E-state index is 12.9. The molecule has 116 valence electrons. The fourth-order valence-corrected chi connectivity index (χ4v) is 2.27. The molecule has 0 fully saturated rings. The first-order valence-corrected chi connectivity index (χ1v) is 7.16. The van der Waals surface area contributed by atoms with E-state index in [1.807, 2.05) is 26.0 Å². The van der Waals surface area contributed by atoms with Crippen LogP contribution in [-0.2, 0) is 0 Å². The number of hydrogen-bond acceptors (Lipinski definition) is 5. The maximum atomic E-state index is 12.9. The second-order valence-electron chi connectivity index (χ2n) is 5.30. The van der Waals surface area contributed by atoms with E-state index in [4.69, 9.17) is 0 Å². The van der Waals surface area contributed by atoms with Crippen LogP contribution >= 0.6 is 0 Å². The minimum Gasteiger partial charge on any atom is -0.339 e. The van der Waals surface area contributed by atoms with Crippen molar-refractivity contribution in [1.29, 1.82) is 0 Å². The van der Waals surface area contributed by atoms with Gasteiger partial charge in [0.1, 0.15) is 5.82 Å². The van der Waals surface area contributed by atoms with Crippen LogP contribution in [0.2, 0.25) is 0 Å². The van der Waals surface area contributed by atoms with Gasteiger partial charge in [-0.3, -0.25) is 0 Å². The van der Waals surface area contributed by atoms with E-state index in [9.17, 15) is 4.39 Å². The van der Waals surface area contributed by atoms with Crippen LogP contribution in [0.15, 0.2) is 48.7 Å². The zero-order chi connectivity index (χ0) is 16.2. The lowest BCUT2D eigenvalue weighted by Crippen LogP contribution is -2.02. The van der Waals surface area contributed by atoms with Crippen molar-refractivity contribution in [3.63, 3.8) is 0 Å². The van der Waals surface area contributed by atoms with Gasteiger partial charge < -0.3 is 10.6 Å². The van der Waals surface area contributed by atoms with Gasteiger partial charge in [0.25, 0.3) is 0 Å². The molecule has 0 saturated carbocycles. The van der Waals surface area contributed by atoms with Gasteiger partial charge in [-0.15, -0.1) is 5.10 Å². The average Bonchev–Trinajstić information content (AvgIpc) is 2.49. The van der Waals surface area contributed by atoms with Crippen molar-refractivity contribution in [1.82, 2.24) is 15.2 Å². The Bertz CT molecular complexity index is 797. The lowest BCUT2D eigenvalue weighted by atomic mass is 10.1. The van der Waals surface area contributed by atoms with Crippen molar-refractivity contribution in [2.45, 2.75) is 13.8 Å². The van der Waals surface area contributed by atoms with Crippen molar-refractivity contribution in [2.75, 3.05) is 10.6 Å². The number of hydrogen-bond donors (Lipinski definition) is 2. The van der Waals surface area contributed by atoms with Gasteiger partial charge >= 0.3 is 0 Å². The highest BCUT2D eigenvalue weighted by Crippen LogP contribution is 2.19. The van der Waals surface area contributed by atoms with Gasteiger partial charge in [0, 0.05) is 11.4 Å². The van der Waals surface area contributed by atoms with E-state index in [-0.39, 0.29) is 5.82 Å². The third-order valence-corrected chi connectivity index (χ3v) is 3.15. The summed E-state index contributed by atoms with van der Waals surface area (Å²) in [7, 11) is 0. The molecule has 2 N–H and O–H groups in total. The quantitative estimate of drug-likeness (QED) is 0.759. The van der Waals surface area contributed by atoms with Gasteiger partial charge in [0.15, 0.2) is 5.82 Å². The van der Waals surface area contributed by atoms with Crippen LogP contribution in [0.1, 0.15) is 11.1 Å². The van der Waals surface area contributed by atoms with Gasteiger partial charge in [0.2, 0.25) is 5.95 Å². The molecule has 5 nitrogen and oxygen atoms in total. The Labute approximate surface area is 133 Å². The van der Waals surface area contributed by atoms with E-state index in [0.29, 0.717) is 17.5 Å². The molecule has 0 atom stereocenters. The van der Waals surface area contributed by atoms with Gasteiger partial charge in [-0.25, -0.2) is 4.39 Å². The molecule has 0 aliphatic heterocycles. The molecule has 1 heterocycles. The molecule has 23 heavy (non-hydrogen) atoms.